The fourth-order valence-electron chi connectivity index (χ4n) is 3.91. The second kappa shape index (κ2) is 13.4. The van der Waals surface area contributed by atoms with Crippen molar-refractivity contribution in [2.24, 2.45) is 16.3 Å². The largest absolute Gasteiger partial charge is 0.293 e. The molecule has 144 valence electrons. The summed E-state index contributed by atoms with van der Waals surface area (Å²) in [4.78, 5) is 5.25. The van der Waals surface area contributed by atoms with Crippen LogP contribution in [-0.2, 0) is 0 Å². The Morgan fingerprint density at radius 1 is 0.960 bits per heavy atom. The second-order valence-electron chi connectivity index (χ2n) is 7.94. The number of aliphatic imine (C=N–C) groups is 1. The lowest BCUT2D eigenvalue weighted by Crippen LogP contribution is -2.25. The molecule has 25 heavy (non-hydrogen) atoms. The summed E-state index contributed by atoms with van der Waals surface area (Å²) in [6.45, 7) is 9.31. The number of unbranched alkanes of at least 4 members (excludes halogenated alkanes) is 2. The lowest BCUT2D eigenvalue weighted by atomic mass is 9.78. The molecule has 0 aromatic heterocycles. The fourth-order valence-corrected chi connectivity index (χ4v) is 3.91. The van der Waals surface area contributed by atoms with Gasteiger partial charge in [-0.05, 0) is 50.9 Å². The molecule has 0 aromatic rings. The Balaban J connectivity index is 3.02. The predicted molar refractivity (Wildman–Crippen MR) is 115 cm³/mol. The van der Waals surface area contributed by atoms with Crippen LogP contribution >= 0.6 is 0 Å². The highest BCUT2D eigenvalue weighted by Gasteiger charge is 2.26. The molecule has 0 fully saturated rings. The van der Waals surface area contributed by atoms with Crippen LogP contribution < -0.4 is 0 Å². The first-order chi connectivity index (χ1) is 12.2. The minimum absolute atomic E-state index is 0.275. The average Bonchev–Trinajstić information content (AvgIpc) is 2.63. The Kier molecular flexibility index (Phi) is 11.9. The number of hydrogen-bond donors (Lipinski definition) is 0. The van der Waals surface area contributed by atoms with Crippen LogP contribution in [0.3, 0.4) is 0 Å². The van der Waals surface area contributed by atoms with Crippen LogP contribution in [0.1, 0.15) is 105 Å². The number of hydrogen-bond acceptors (Lipinski definition) is 1. The quantitative estimate of drug-likeness (QED) is 0.376. The molecule has 0 bridgehead atoms. The van der Waals surface area contributed by atoms with Gasteiger partial charge >= 0.3 is 0 Å². The van der Waals surface area contributed by atoms with Gasteiger partial charge in [-0.1, -0.05) is 84.1 Å². The van der Waals surface area contributed by atoms with Crippen molar-refractivity contribution in [2.75, 3.05) is 0 Å². The van der Waals surface area contributed by atoms with Gasteiger partial charge in [0, 0.05) is 11.6 Å². The Morgan fingerprint density at radius 3 is 2.32 bits per heavy atom. The van der Waals surface area contributed by atoms with E-state index in [1.54, 1.807) is 0 Å². The Labute approximate surface area is 158 Å². The lowest BCUT2D eigenvalue weighted by molar-refractivity contribution is 0.351. The molecule has 1 nitrogen and oxygen atoms in total. The van der Waals surface area contributed by atoms with Crippen LogP contribution in [0, 0.1) is 11.3 Å². The first kappa shape index (κ1) is 22.2. The van der Waals surface area contributed by atoms with Gasteiger partial charge in [0.15, 0.2) is 0 Å². The van der Waals surface area contributed by atoms with Crippen LogP contribution in [0.25, 0.3) is 0 Å². The summed E-state index contributed by atoms with van der Waals surface area (Å²) in [5.41, 5.74) is 0.275. The summed E-state index contributed by atoms with van der Waals surface area (Å²) in [6.07, 6.45) is 26.9. The van der Waals surface area contributed by atoms with E-state index in [9.17, 15) is 0 Å². The van der Waals surface area contributed by atoms with Gasteiger partial charge in [0.25, 0.3) is 0 Å². The molecule has 3 unspecified atom stereocenters. The Bertz CT molecular complexity index is 406. The summed E-state index contributed by atoms with van der Waals surface area (Å²) >= 11 is 0. The molecular formula is C24H43N. The van der Waals surface area contributed by atoms with Crippen LogP contribution in [0.15, 0.2) is 29.3 Å². The van der Waals surface area contributed by atoms with E-state index < -0.39 is 0 Å². The molecule has 0 radical (unpaired) electrons. The zero-order chi connectivity index (χ0) is 18.4. The Hall–Kier alpha value is -0.850. The van der Waals surface area contributed by atoms with Gasteiger partial charge in [0.2, 0.25) is 0 Å². The molecule has 1 aliphatic rings. The number of allylic oxidation sites excluding steroid dienone is 3. The van der Waals surface area contributed by atoms with Gasteiger partial charge in [-0.3, -0.25) is 4.99 Å². The molecule has 1 rings (SSSR count). The predicted octanol–water partition coefficient (Wildman–Crippen LogP) is 7.92. The van der Waals surface area contributed by atoms with Gasteiger partial charge in [0.05, 0.1) is 6.04 Å². The smallest absolute Gasteiger partial charge is 0.0558 e. The van der Waals surface area contributed by atoms with Crippen LogP contribution in [-0.4, -0.2) is 12.3 Å². The maximum atomic E-state index is 5.25. The first-order valence-electron chi connectivity index (χ1n) is 11.1. The highest BCUT2D eigenvalue weighted by atomic mass is 14.8. The molecule has 3 atom stereocenters. The van der Waals surface area contributed by atoms with Crippen molar-refractivity contribution in [1.29, 1.82) is 0 Å². The van der Waals surface area contributed by atoms with E-state index >= 15 is 0 Å². The van der Waals surface area contributed by atoms with E-state index in [1.807, 2.05) is 0 Å². The van der Waals surface area contributed by atoms with E-state index in [2.05, 4.69) is 58.2 Å². The molecule has 1 aliphatic heterocycles. The summed E-state index contributed by atoms with van der Waals surface area (Å²) in [7, 11) is 0. The van der Waals surface area contributed by atoms with Gasteiger partial charge < -0.3 is 0 Å². The molecule has 0 spiro atoms. The third kappa shape index (κ3) is 8.38. The lowest BCUT2D eigenvalue weighted by Gasteiger charge is -2.30. The van der Waals surface area contributed by atoms with Crippen molar-refractivity contribution < 1.29 is 0 Å². The molecule has 1 heterocycles. The summed E-state index contributed by atoms with van der Waals surface area (Å²) in [6, 6.07) is 0.476. The highest BCUT2D eigenvalue weighted by molar-refractivity contribution is 5.66. The van der Waals surface area contributed by atoms with Crippen molar-refractivity contribution in [3.8, 4) is 0 Å². The summed E-state index contributed by atoms with van der Waals surface area (Å²) < 4.78 is 0. The summed E-state index contributed by atoms with van der Waals surface area (Å²) in [5.74, 6) is 0.736. The monoisotopic (exact) mass is 345 g/mol. The maximum absolute atomic E-state index is 5.25. The minimum Gasteiger partial charge on any atom is -0.293 e. The van der Waals surface area contributed by atoms with Gasteiger partial charge in [-0.2, -0.15) is 0 Å². The number of nitrogens with zero attached hydrogens (tertiary/aromatic N) is 1. The molecule has 0 aromatic carbocycles. The summed E-state index contributed by atoms with van der Waals surface area (Å²) in [5, 5.41) is 0. The van der Waals surface area contributed by atoms with Crippen molar-refractivity contribution >= 4 is 6.21 Å². The van der Waals surface area contributed by atoms with Crippen molar-refractivity contribution in [3.05, 3.63) is 24.3 Å². The topological polar surface area (TPSA) is 12.4 Å². The fraction of sp³-hybridized carbons (Fsp3) is 0.792. The van der Waals surface area contributed by atoms with E-state index in [0.29, 0.717) is 6.04 Å². The molecular weight excluding hydrogens is 302 g/mol. The number of rotatable bonds is 9. The average molecular weight is 346 g/mol. The van der Waals surface area contributed by atoms with Gasteiger partial charge in [0.1, 0.15) is 0 Å². The van der Waals surface area contributed by atoms with Gasteiger partial charge in [-0.15, -0.1) is 0 Å². The normalized spacial score (nSPS) is 26.2. The van der Waals surface area contributed by atoms with E-state index in [4.69, 9.17) is 4.99 Å². The zero-order valence-electron chi connectivity index (χ0n) is 17.5. The third-order valence-electron chi connectivity index (χ3n) is 6.00. The Morgan fingerprint density at radius 2 is 1.68 bits per heavy atom. The molecule has 0 aliphatic carbocycles. The van der Waals surface area contributed by atoms with Crippen LogP contribution in [0.4, 0.5) is 0 Å². The second-order valence-corrected chi connectivity index (χ2v) is 7.94. The SMILES string of the molecule is CCCCC(CC)C1CC=CCCC=CCC(CC)(CCCC)C=N1. The molecule has 0 N–H and O–H groups in total. The minimum atomic E-state index is 0.275. The first-order valence-corrected chi connectivity index (χ1v) is 11.1. The standard InChI is InChI=1S/C24H43N/c1-5-9-17-22(7-3)23-18-15-13-11-12-14-16-20-24(8-4,21-25-23)19-10-6-2/h13-16,21-23H,5-12,17-20H2,1-4H3. The van der Waals surface area contributed by atoms with Crippen molar-refractivity contribution in [3.63, 3.8) is 0 Å². The maximum Gasteiger partial charge on any atom is 0.0558 e. The molecule has 0 amide bonds. The van der Waals surface area contributed by atoms with Gasteiger partial charge in [-0.25, -0.2) is 0 Å². The third-order valence-corrected chi connectivity index (χ3v) is 6.00. The van der Waals surface area contributed by atoms with E-state index in [1.165, 1.54) is 64.2 Å². The molecule has 1 heteroatoms. The van der Waals surface area contributed by atoms with Crippen LogP contribution in [0.2, 0.25) is 0 Å². The van der Waals surface area contributed by atoms with Crippen molar-refractivity contribution in [1.82, 2.24) is 0 Å². The highest BCUT2D eigenvalue weighted by Crippen LogP contribution is 2.33. The van der Waals surface area contributed by atoms with Crippen molar-refractivity contribution in [2.45, 2.75) is 111 Å². The van der Waals surface area contributed by atoms with E-state index in [-0.39, 0.29) is 5.41 Å². The van der Waals surface area contributed by atoms with E-state index in [0.717, 1.165) is 18.8 Å². The van der Waals surface area contributed by atoms with Crippen LogP contribution in [0.5, 0.6) is 0 Å². The zero-order valence-corrected chi connectivity index (χ0v) is 17.5. The molecule has 0 saturated carbocycles. The molecule has 0 saturated heterocycles.